The molecule has 6 nitrogen and oxygen atoms in total. The molecule has 2 rings (SSSR count). The van der Waals surface area contributed by atoms with E-state index in [2.05, 4.69) is 4.98 Å². The summed E-state index contributed by atoms with van der Waals surface area (Å²) >= 11 is 0. The molecule has 0 spiro atoms. The van der Waals surface area contributed by atoms with Crippen molar-refractivity contribution in [3.8, 4) is 5.75 Å². The zero-order valence-electron chi connectivity index (χ0n) is 10.1. The summed E-state index contributed by atoms with van der Waals surface area (Å²) in [7, 11) is 0. The van der Waals surface area contributed by atoms with Crippen molar-refractivity contribution in [1.29, 1.82) is 0 Å². The van der Waals surface area contributed by atoms with Crippen LogP contribution in [0.5, 0.6) is 5.75 Å². The number of hydrogen-bond donors (Lipinski definition) is 2. The van der Waals surface area contributed by atoms with Crippen molar-refractivity contribution in [2.45, 2.75) is 6.92 Å². The number of ether oxygens (including phenoxy) is 1. The molecule has 1 aromatic heterocycles. The molecule has 0 unspecified atom stereocenters. The van der Waals surface area contributed by atoms with Crippen LogP contribution in [0.3, 0.4) is 0 Å². The molecule has 0 aliphatic rings. The van der Waals surface area contributed by atoms with Crippen LogP contribution in [-0.4, -0.2) is 22.7 Å². The molecule has 1 heterocycles. The van der Waals surface area contributed by atoms with E-state index in [1.54, 1.807) is 6.92 Å². The number of carboxylic acids is 1. The largest absolute Gasteiger partial charge is 0.490 e. The lowest BCUT2D eigenvalue weighted by Crippen LogP contribution is -2.09. The van der Waals surface area contributed by atoms with Gasteiger partial charge in [-0.2, -0.15) is 0 Å². The van der Waals surface area contributed by atoms with E-state index in [4.69, 9.17) is 9.84 Å². The van der Waals surface area contributed by atoms with E-state index in [0.717, 1.165) is 6.07 Å². The highest BCUT2D eigenvalue weighted by molar-refractivity contribution is 5.89. The van der Waals surface area contributed by atoms with Gasteiger partial charge in [0.2, 0.25) is 5.43 Å². The van der Waals surface area contributed by atoms with Crippen molar-refractivity contribution in [3.63, 3.8) is 0 Å². The van der Waals surface area contributed by atoms with Crippen molar-refractivity contribution < 1.29 is 14.6 Å². The summed E-state index contributed by atoms with van der Waals surface area (Å²) < 4.78 is 5.16. The van der Waals surface area contributed by atoms with Gasteiger partial charge in [0.1, 0.15) is 5.69 Å². The van der Waals surface area contributed by atoms with Crippen LogP contribution in [0.1, 0.15) is 17.4 Å². The lowest BCUT2D eigenvalue weighted by atomic mass is 10.2. The SMILES string of the molecule is CCOc1cc2c(=O)cc(C(=O)O)[nH]c2ccc1=O. The average molecular weight is 261 g/mol. The Kier molecular flexibility index (Phi) is 3.33. The van der Waals surface area contributed by atoms with E-state index in [1.807, 2.05) is 0 Å². The molecule has 0 radical (unpaired) electrons. The van der Waals surface area contributed by atoms with Crippen LogP contribution in [0.4, 0.5) is 0 Å². The molecule has 6 heteroatoms. The number of rotatable bonds is 3. The van der Waals surface area contributed by atoms with Gasteiger partial charge in [-0.1, -0.05) is 0 Å². The Labute approximate surface area is 107 Å². The van der Waals surface area contributed by atoms with Crippen molar-refractivity contribution in [1.82, 2.24) is 4.98 Å². The molecule has 1 aromatic carbocycles. The van der Waals surface area contributed by atoms with Crippen LogP contribution in [-0.2, 0) is 0 Å². The zero-order valence-corrected chi connectivity index (χ0v) is 10.1. The molecule has 0 amide bonds. The maximum absolute atomic E-state index is 11.9. The Hall–Kier alpha value is -2.63. The molecule has 0 aliphatic carbocycles. The summed E-state index contributed by atoms with van der Waals surface area (Å²) in [4.78, 5) is 37.0. The van der Waals surface area contributed by atoms with Crippen molar-refractivity contribution >= 4 is 16.9 Å². The van der Waals surface area contributed by atoms with E-state index >= 15 is 0 Å². The topological polar surface area (TPSA) is 96.5 Å². The number of pyridine rings is 1. The molecule has 0 bridgehead atoms. The van der Waals surface area contributed by atoms with E-state index < -0.39 is 11.4 Å². The van der Waals surface area contributed by atoms with Crippen LogP contribution in [0.15, 0.2) is 33.9 Å². The number of nitrogens with one attached hydrogen (secondary N) is 1. The molecule has 0 saturated heterocycles. The van der Waals surface area contributed by atoms with Crippen molar-refractivity contribution in [2.24, 2.45) is 0 Å². The van der Waals surface area contributed by atoms with Crippen LogP contribution in [0, 0.1) is 0 Å². The van der Waals surface area contributed by atoms with Crippen LogP contribution >= 0.6 is 0 Å². The Bertz CT molecular complexity index is 763. The highest BCUT2D eigenvalue weighted by atomic mass is 16.5. The first-order valence-electron chi connectivity index (χ1n) is 5.60. The first-order chi connectivity index (χ1) is 9.02. The summed E-state index contributed by atoms with van der Waals surface area (Å²) in [6, 6.07) is 4.90. The predicted molar refractivity (Wildman–Crippen MR) is 69.0 cm³/mol. The van der Waals surface area contributed by atoms with Gasteiger partial charge in [0.05, 0.1) is 12.1 Å². The lowest BCUT2D eigenvalue weighted by molar-refractivity contribution is 0.0691. The zero-order chi connectivity index (χ0) is 14.0. The number of fused-ring (bicyclic) bond motifs is 1. The Morgan fingerprint density at radius 1 is 1.26 bits per heavy atom. The molecule has 19 heavy (non-hydrogen) atoms. The van der Waals surface area contributed by atoms with Gasteiger partial charge < -0.3 is 14.8 Å². The second kappa shape index (κ2) is 4.93. The van der Waals surface area contributed by atoms with Gasteiger partial charge >= 0.3 is 5.97 Å². The molecule has 0 fully saturated rings. The van der Waals surface area contributed by atoms with Gasteiger partial charge in [0.15, 0.2) is 11.2 Å². The number of aromatic carboxylic acids is 1. The Balaban J connectivity index is 2.85. The minimum Gasteiger partial charge on any atom is -0.490 e. The van der Waals surface area contributed by atoms with E-state index in [9.17, 15) is 14.4 Å². The highest BCUT2D eigenvalue weighted by Gasteiger charge is 2.09. The standard InChI is InChI=1S/C13H11NO5/c1-2-19-12-5-7-8(3-4-10(12)15)14-9(13(17)18)6-11(7)16/h3-6H,2H2,1H3,(H,14,16)(H,17,18). The molecular weight excluding hydrogens is 250 g/mol. The van der Waals surface area contributed by atoms with Gasteiger partial charge in [0.25, 0.3) is 0 Å². The Morgan fingerprint density at radius 2 is 2.00 bits per heavy atom. The minimum atomic E-state index is -1.24. The van der Waals surface area contributed by atoms with Crippen LogP contribution in [0.25, 0.3) is 10.9 Å². The number of aromatic amines is 1. The fourth-order valence-electron chi connectivity index (χ4n) is 1.70. The maximum atomic E-state index is 11.9. The van der Waals surface area contributed by atoms with Gasteiger partial charge in [-0.05, 0) is 25.1 Å². The third-order valence-electron chi connectivity index (χ3n) is 2.55. The van der Waals surface area contributed by atoms with Gasteiger partial charge in [-0.3, -0.25) is 9.59 Å². The van der Waals surface area contributed by atoms with Crippen molar-refractivity contribution in [3.05, 3.63) is 50.4 Å². The highest BCUT2D eigenvalue weighted by Crippen LogP contribution is 2.11. The van der Waals surface area contributed by atoms with Gasteiger partial charge in [-0.15, -0.1) is 0 Å². The van der Waals surface area contributed by atoms with Crippen LogP contribution in [0.2, 0.25) is 0 Å². The molecular formula is C13H11NO5. The number of H-pyrrole nitrogens is 1. The normalized spacial score (nSPS) is 10.4. The number of carboxylic acid groups (broad SMARTS) is 1. The summed E-state index contributed by atoms with van der Waals surface area (Å²) in [5.74, 6) is -1.18. The summed E-state index contributed by atoms with van der Waals surface area (Å²) in [5, 5.41) is 9.07. The third kappa shape index (κ3) is 2.47. The third-order valence-corrected chi connectivity index (χ3v) is 2.55. The maximum Gasteiger partial charge on any atom is 0.352 e. The van der Waals surface area contributed by atoms with Crippen LogP contribution < -0.4 is 15.6 Å². The van der Waals surface area contributed by atoms with E-state index in [1.165, 1.54) is 18.2 Å². The monoisotopic (exact) mass is 261 g/mol. The molecule has 2 N–H and O–H groups in total. The first kappa shape index (κ1) is 12.8. The summed E-state index contributed by atoms with van der Waals surface area (Å²) in [6.45, 7) is 2.02. The molecule has 98 valence electrons. The minimum absolute atomic E-state index is 0.0612. The molecule has 0 atom stereocenters. The van der Waals surface area contributed by atoms with Gasteiger partial charge in [0, 0.05) is 11.5 Å². The lowest BCUT2D eigenvalue weighted by Gasteiger charge is -1.99. The second-order valence-corrected chi connectivity index (χ2v) is 3.82. The predicted octanol–water partition coefficient (Wildman–Crippen LogP) is 0.985. The number of aromatic nitrogens is 1. The summed E-state index contributed by atoms with van der Waals surface area (Å²) in [6.07, 6.45) is 0. The molecule has 0 aliphatic heterocycles. The van der Waals surface area contributed by atoms with Crippen molar-refractivity contribution in [2.75, 3.05) is 6.61 Å². The fourth-order valence-corrected chi connectivity index (χ4v) is 1.70. The fraction of sp³-hybridized carbons (Fsp3) is 0.154. The van der Waals surface area contributed by atoms with E-state index in [-0.39, 0.29) is 27.8 Å². The van der Waals surface area contributed by atoms with E-state index in [0.29, 0.717) is 6.61 Å². The average Bonchev–Trinajstić information content (AvgIpc) is 2.51. The first-order valence-corrected chi connectivity index (χ1v) is 5.60. The Morgan fingerprint density at radius 3 is 2.63 bits per heavy atom. The molecule has 0 saturated carbocycles. The van der Waals surface area contributed by atoms with Gasteiger partial charge in [-0.25, -0.2) is 4.79 Å². The smallest absolute Gasteiger partial charge is 0.352 e. The summed E-state index contributed by atoms with van der Waals surface area (Å²) in [5.41, 5.74) is -0.813. The second-order valence-electron chi connectivity index (χ2n) is 3.82. The quantitative estimate of drug-likeness (QED) is 0.858. The number of carbonyl (C=O) groups is 1. The number of hydrogen-bond acceptors (Lipinski definition) is 4. The molecule has 2 aromatic rings.